The lowest BCUT2D eigenvalue weighted by atomic mass is 9.79. The number of rotatable bonds is 5. The molecule has 0 heterocycles. The van der Waals surface area contributed by atoms with Crippen molar-refractivity contribution in [3.63, 3.8) is 0 Å². The van der Waals surface area contributed by atoms with E-state index in [0.717, 1.165) is 24.1 Å². The third-order valence-corrected chi connectivity index (χ3v) is 4.32. The molecule has 5 heteroatoms. The third kappa shape index (κ3) is 2.93. The molecule has 1 N–H and O–H groups in total. The standard InChI is InChI=1S/C16H21NO4/c1-17(14(18)11-21-2)13-7-5-12(6-8-13)16(15(19)20)9-3-4-10-16/h5-8H,3-4,9-11H2,1-2H3,(H,19,20). The summed E-state index contributed by atoms with van der Waals surface area (Å²) in [4.78, 5) is 24.9. The largest absolute Gasteiger partial charge is 0.481 e. The molecule has 1 aliphatic rings. The zero-order valence-electron chi connectivity index (χ0n) is 12.5. The van der Waals surface area contributed by atoms with Crippen LogP contribution in [-0.2, 0) is 19.7 Å². The summed E-state index contributed by atoms with van der Waals surface area (Å²) in [6.07, 6.45) is 3.25. The Morgan fingerprint density at radius 3 is 2.29 bits per heavy atom. The average molecular weight is 291 g/mol. The molecular weight excluding hydrogens is 270 g/mol. The Kier molecular flexibility index (Phi) is 4.63. The molecule has 0 aliphatic heterocycles. The van der Waals surface area contributed by atoms with Gasteiger partial charge in [-0.25, -0.2) is 0 Å². The highest BCUT2D eigenvalue weighted by molar-refractivity contribution is 5.93. The molecule has 0 unspecified atom stereocenters. The maximum absolute atomic E-state index is 11.8. The van der Waals surface area contributed by atoms with Crippen molar-refractivity contribution in [2.45, 2.75) is 31.1 Å². The monoisotopic (exact) mass is 291 g/mol. The van der Waals surface area contributed by atoms with Crippen LogP contribution in [0.1, 0.15) is 31.2 Å². The summed E-state index contributed by atoms with van der Waals surface area (Å²) in [6.45, 7) is 0.0251. The van der Waals surface area contributed by atoms with E-state index < -0.39 is 11.4 Å². The number of aliphatic carboxylic acids is 1. The second-order valence-corrected chi connectivity index (χ2v) is 5.53. The van der Waals surface area contributed by atoms with Crippen molar-refractivity contribution in [1.82, 2.24) is 0 Å². The van der Waals surface area contributed by atoms with Crippen molar-refractivity contribution in [1.29, 1.82) is 0 Å². The summed E-state index contributed by atoms with van der Waals surface area (Å²) in [5, 5.41) is 9.57. The van der Waals surface area contributed by atoms with Crippen molar-refractivity contribution in [3.8, 4) is 0 Å². The van der Waals surface area contributed by atoms with E-state index in [4.69, 9.17) is 4.74 Å². The molecule has 1 amide bonds. The van der Waals surface area contributed by atoms with Crippen molar-refractivity contribution in [2.75, 3.05) is 25.7 Å². The number of hydrogen-bond donors (Lipinski definition) is 1. The number of methoxy groups -OCH3 is 1. The second kappa shape index (κ2) is 6.26. The number of carbonyl (C=O) groups excluding carboxylic acids is 1. The van der Waals surface area contributed by atoms with Gasteiger partial charge < -0.3 is 14.7 Å². The second-order valence-electron chi connectivity index (χ2n) is 5.53. The fourth-order valence-corrected chi connectivity index (χ4v) is 2.97. The molecule has 0 aromatic heterocycles. The Balaban J connectivity index is 2.22. The first-order valence-electron chi connectivity index (χ1n) is 7.11. The van der Waals surface area contributed by atoms with Gasteiger partial charge in [-0.05, 0) is 30.5 Å². The van der Waals surface area contributed by atoms with Crippen LogP contribution in [0.5, 0.6) is 0 Å². The summed E-state index contributed by atoms with van der Waals surface area (Å²) < 4.78 is 4.83. The van der Waals surface area contributed by atoms with E-state index >= 15 is 0 Å². The Hall–Kier alpha value is -1.88. The lowest BCUT2D eigenvalue weighted by molar-refractivity contribution is -0.143. The molecule has 2 rings (SSSR count). The van der Waals surface area contributed by atoms with E-state index in [1.165, 1.54) is 12.0 Å². The highest BCUT2D eigenvalue weighted by atomic mass is 16.5. The molecule has 21 heavy (non-hydrogen) atoms. The quantitative estimate of drug-likeness (QED) is 0.903. The SMILES string of the molecule is COCC(=O)N(C)c1ccc(C2(C(=O)O)CCCC2)cc1. The predicted molar refractivity (Wildman–Crippen MR) is 79.5 cm³/mol. The molecule has 5 nitrogen and oxygen atoms in total. The molecular formula is C16H21NO4. The Morgan fingerprint density at radius 1 is 1.24 bits per heavy atom. The molecule has 1 aromatic carbocycles. The zero-order valence-corrected chi connectivity index (χ0v) is 12.5. The Morgan fingerprint density at radius 2 is 1.81 bits per heavy atom. The normalized spacial score (nSPS) is 16.7. The van der Waals surface area contributed by atoms with E-state index in [0.29, 0.717) is 12.8 Å². The van der Waals surface area contributed by atoms with Crippen LogP contribution in [0.3, 0.4) is 0 Å². The summed E-state index contributed by atoms with van der Waals surface area (Å²) in [6, 6.07) is 7.24. The minimum atomic E-state index is -0.756. The van der Waals surface area contributed by atoms with Crippen molar-refractivity contribution >= 4 is 17.6 Å². The number of likely N-dealkylation sites (N-methyl/N-ethyl adjacent to an activating group) is 1. The van der Waals surface area contributed by atoms with Crippen LogP contribution in [0, 0.1) is 0 Å². The molecule has 1 fully saturated rings. The summed E-state index contributed by atoms with van der Waals surface area (Å²) in [7, 11) is 3.16. The number of carboxylic acids is 1. The van der Waals surface area contributed by atoms with E-state index in [2.05, 4.69) is 0 Å². The maximum atomic E-state index is 11.8. The van der Waals surface area contributed by atoms with Crippen LogP contribution in [0.15, 0.2) is 24.3 Å². The lowest BCUT2D eigenvalue weighted by Gasteiger charge is -2.25. The number of anilines is 1. The van der Waals surface area contributed by atoms with Crippen molar-refractivity contribution in [3.05, 3.63) is 29.8 Å². The fourth-order valence-electron chi connectivity index (χ4n) is 2.97. The number of carboxylic acid groups (broad SMARTS) is 1. The van der Waals surface area contributed by atoms with Crippen LogP contribution in [-0.4, -0.2) is 37.7 Å². The van der Waals surface area contributed by atoms with Gasteiger partial charge in [0.2, 0.25) is 0 Å². The first kappa shape index (κ1) is 15.5. The van der Waals surface area contributed by atoms with Crippen LogP contribution >= 0.6 is 0 Å². The number of amides is 1. The van der Waals surface area contributed by atoms with Gasteiger partial charge in [-0.15, -0.1) is 0 Å². The van der Waals surface area contributed by atoms with Gasteiger partial charge in [0.05, 0.1) is 5.41 Å². The summed E-state index contributed by atoms with van der Waals surface area (Å²) in [5.41, 5.74) is 0.802. The van der Waals surface area contributed by atoms with Crippen LogP contribution in [0.25, 0.3) is 0 Å². The van der Waals surface area contributed by atoms with E-state index in [9.17, 15) is 14.7 Å². The third-order valence-electron chi connectivity index (χ3n) is 4.32. The van der Waals surface area contributed by atoms with Crippen LogP contribution in [0.4, 0.5) is 5.69 Å². The highest BCUT2D eigenvalue weighted by Gasteiger charge is 2.42. The minimum Gasteiger partial charge on any atom is -0.481 e. The van der Waals surface area contributed by atoms with E-state index in [-0.39, 0.29) is 12.5 Å². The van der Waals surface area contributed by atoms with Gasteiger partial charge >= 0.3 is 5.97 Å². The van der Waals surface area contributed by atoms with Gasteiger partial charge in [-0.1, -0.05) is 25.0 Å². The van der Waals surface area contributed by atoms with E-state index in [1.807, 2.05) is 12.1 Å². The van der Waals surface area contributed by atoms with Crippen molar-refractivity contribution < 1.29 is 19.4 Å². The lowest BCUT2D eigenvalue weighted by Crippen LogP contribution is -2.33. The smallest absolute Gasteiger partial charge is 0.314 e. The molecule has 0 atom stereocenters. The van der Waals surface area contributed by atoms with Gasteiger partial charge in [-0.2, -0.15) is 0 Å². The van der Waals surface area contributed by atoms with E-state index in [1.54, 1.807) is 19.2 Å². The molecule has 1 aliphatic carbocycles. The van der Waals surface area contributed by atoms with Gasteiger partial charge in [-0.3, -0.25) is 9.59 Å². The minimum absolute atomic E-state index is 0.0251. The van der Waals surface area contributed by atoms with Crippen LogP contribution < -0.4 is 4.90 Å². The number of benzene rings is 1. The van der Waals surface area contributed by atoms with Crippen molar-refractivity contribution in [2.24, 2.45) is 0 Å². The Bertz CT molecular complexity index is 518. The first-order chi connectivity index (χ1) is 10.0. The predicted octanol–water partition coefficient (Wildman–Crippen LogP) is 2.19. The Labute approximate surface area is 124 Å². The topological polar surface area (TPSA) is 66.8 Å². The number of carbonyl (C=O) groups is 2. The van der Waals surface area contributed by atoms with Gasteiger partial charge in [0.25, 0.3) is 5.91 Å². The number of ether oxygens (including phenoxy) is 1. The van der Waals surface area contributed by atoms with Crippen LogP contribution in [0.2, 0.25) is 0 Å². The molecule has 0 radical (unpaired) electrons. The van der Waals surface area contributed by atoms with Gasteiger partial charge in [0, 0.05) is 19.8 Å². The van der Waals surface area contributed by atoms with Gasteiger partial charge in [0.15, 0.2) is 0 Å². The average Bonchev–Trinajstić information content (AvgIpc) is 2.98. The molecule has 0 saturated heterocycles. The molecule has 1 aromatic rings. The van der Waals surface area contributed by atoms with Gasteiger partial charge in [0.1, 0.15) is 6.61 Å². The zero-order chi connectivity index (χ0) is 15.5. The molecule has 0 bridgehead atoms. The summed E-state index contributed by atoms with van der Waals surface area (Å²) in [5.74, 6) is -0.893. The summed E-state index contributed by atoms with van der Waals surface area (Å²) >= 11 is 0. The highest BCUT2D eigenvalue weighted by Crippen LogP contribution is 2.41. The maximum Gasteiger partial charge on any atom is 0.314 e. The molecule has 0 spiro atoms. The molecule has 1 saturated carbocycles. The molecule has 114 valence electrons. The first-order valence-corrected chi connectivity index (χ1v) is 7.11. The number of nitrogens with zero attached hydrogens (tertiary/aromatic N) is 1. The fraction of sp³-hybridized carbons (Fsp3) is 0.500. The number of hydrogen-bond acceptors (Lipinski definition) is 3.